The molecule has 1 aromatic rings. The summed E-state index contributed by atoms with van der Waals surface area (Å²) >= 11 is 3.59. The highest BCUT2D eigenvalue weighted by atomic mass is 79.9. The van der Waals surface area contributed by atoms with E-state index in [1.807, 2.05) is 7.05 Å². The van der Waals surface area contributed by atoms with Crippen LogP contribution in [0.15, 0.2) is 10.8 Å². The van der Waals surface area contributed by atoms with Gasteiger partial charge in [-0.2, -0.15) is 0 Å². The Kier molecular flexibility index (Phi) is 3.56. The molecule has 0 bridgehead atoms. The predicted octanol–water partition coefficient (Wildman–Crippen LogP) is 2.91. The summed E-state index contributed by atoms with van der Waals surface area (Å²) in [4.78, 5) is 10.9. The molecular formula is C12H19BrN4. The Hall–Kier alpha value is -0.840. The van der Waals surface area contributed by atoms with Crippen molar-refractivity contribution >= 4 is 27.6 Å². The van der Waals surface area contributed by atoms with Crippen LogP contribution in [0.25, 0.3) is 0 Å². The Balaban J connectivity index is 2.28. The van der Waals surface area contributed by atoms with Crippen LogP contribution < -0.4 is 10.2 Å². The van der Waals surface area contributed by atoms with E-state index in [0.717, 1.165) is 29.2 Å². The minimum Gasteiger partial charge on any atom is -0.372 e. The zero-order chi connectivity index (χ0) is 12.5. The summed E-state index contributed by atoms with van der Waals surface area (Å²) in [6, 6.07) is 0. The molecule has 0 saturated carbocycles. The van der Waals surface area contributed by atoms with Crippen LogP contribution in [0, 0.1) is 5.41 Å². The van der Waals surface area contributed by atoms with Crippen molar-refractivity contribution in [3.05, 3.63) is 10.8 Å². The van der Waals surface area contributed by atoms with Crippen LogP contribution in [0.1, 0.15) is 26.7 Å². The summed E-state index contributed by atoms with van der Waals surface area (Å²) in [6.45, 7) is 6.74. The molecule has 5 heteroatoms. The number of nitrogens with one attached hydrogen (secondary N) is 1. The van der Waals surface area contributed by atoms with Gasteiger partial charge in [-0.3, -0.25) is 0 Å². The highest BCUT2D eigenvalue weighted by Crippen LogP contribution is 2.35. The summed E-state index contributed by atoms with van der Waals surface area (Å²) < 4.78 is 0.959. The van der Waals surface area contributed by atoms with E-state index >= 15 is 0 Å². The molecule has 1 fully saturated rings. The normalized spacial score (nSPS) is 19.2. The standard InChI is InChI=1S/C12H19BrN4/c1-12(2)5-4-6-17(7-12)11-9(13)10(14-3)15-8-16-11/h8H,4-7H2,1-3H3,(H,14,15,16). The van der Waals surface area contributed by atoms with E-state index in [-0.39, 0.29) is 0 Å². The molecule has 4 nitrogen and oxygen atoms in total. The molecule has 1 saturated heterocycles. The fourth-order valence-electron chi connectivity index (χ4n) is 2.36. The number of piperidine rings is 1. The van der Waals surface area contributed by atoms with E-state index in [1.165, 1.54) is 12.8 Å². The Bertz CT molecular complexity index is 405. The number of anilines is 2. The first-order valence-electron chi connectivity index (χ1n) is 5.97. The van der Waals surface area contributed by atoms with E-state index in [1.54, 1.807) is 6.33 Å². The summed E-state index contributed by atoms with van der Waals surface area (Å²) in [5, 5.41) is 3.07. The average Bonchev–Trinajstić information content (AvgIpc) is 2.28. The van der Waals surface area contributed by atoms with E-state index in [4.69, 9.17) is 0 Å². The second-order valence-corrected chi connectivity index (χ2v) is 6.09. The minimum absolute atomic E-state index is 0.364. The fourth-order valence-corrected chi connectivity index (χ4v) is 3.01. The Labute approximate surface area is 111 Å². The lowest BCUT2D eigenvalue weighted by molar-refractivity contribution is 0.292. The van der Waals surface area contributed by atoms with E-state index in [0.29, 0.717) is 5.41 Å². The fraction of sp³-hybridized carbons (Fsp3) is 0.667. The molecule has 0 amide bonds. The van der Waals surface area contributed by atoms with Gasteiger partial charge >= 0.3 is 0 Å². The highest BCUT2D eigenvalue weighted by Gasteiger charge is 2.28. The molecule has 17 heavy (non-hydrogen) atoms. The van der Waals surface area contributed by atoms with E-state index in [9.17, 15) is 0 Å². The molecule has 0 aliphatic carbocycles. The van der Waals surface area contributed by atoms with Gasteiger partial charge in [0, 0.05) is 20.1 Å². The third kappa shape index (κ3) is 2.70. The topological polar surface area (TPSA) is 41.1 Å². The lowest BCUT2D eigenvalue weighted by Crippen LogP contribution is -2.40. The molecule has 1 aliphatic rings. The van der Waals surface area contributed by atoms with Crippen molar-refractivity contribution in [3.63, 3.8) is 0 Å². The summed E-state index contributed by atoms with van der Waals surface area (Å²) in [5.74, 6) is 1.84. The molecule has 0 radical (unpaired) electrons. The van der Waals surface area contributed by atoms with Gasteiger partial charge in [0.1, 0.15) is 22.4 Å². The molecule has 94 valence electrons. The van der Waals surface area contributed by atoms with Crippen molar-refractivity contribution in [3.8, 4) is 0 Å². The van der Waals surface area contributed by atoms with Gasteiger partial charge < -0.3 is 10.2 Å². The molecule has 2 heterocycles. The smallest absolute Gasteiger partial charge is 0.148 e. The van der Waals surface area contributed by atoms with Gasteiger partial charge in [-0.1, -0.05) is 13.8 Å². The maximum atomic E-state index is 4.40. The lowest BCUT2D eigenvalue weighted by Gasteiger charge is -2.39. The summed E-state index contributed by atoms with van der Waals surface area (Å²) in [7, 11) is 1.87. The van der Waals surface area contributed by atoms with Crippen LogP contribution in [0.5, 0.6) is 0 Å². The van der Waals surface area contributed by atoms with Crippen LogP contribution in [0.2, 0.25) is 0 Å². The maximum absolute atomic E-state index is 4.40. The van der Waals surface area contributed by atoms with Gasteiger partial charge in [0.2, 0.25) is 0 Å². The minimum atomic E-state index is 0.364. The monoisotopic (exact) mass is 298 g/mol. The van der Waals surface area contributed by atoms with Crippen molar-refractivity contribution in [2.75, 3.05) is 30.4 Å². The Morgan fingerprint density at radius 2 is 2.18 bits per heavy atom. The predicted molar refractivity (Wildman–Crippen MR) is 74.5 cm³/mol. The number of nitrogens with zero attached hydrogens (tertiary/aromatic N) is 3. The van der Waals surface area contributed by atoms with Crippen LogP contribution in [0.3, 0.4) is 0 Å². The number of rotatable bonds is 2. The second kappa shape index (κ2) is 4.80. The van der Waals surface area contributed by atoms with Crippen LogP contribution >= 0.6 is 15.9 Å². The second-order valence-electron chi connectivity index (χ2n) is 5.30. The zero-order valence-corrected chi connectivity index (χ0v) is 12.2. The first-order valence-corrected chi connectivity index (χ1v) is 6.76. The number of hydrogen-bond donors (Lipinski definition) is 1. The lowest BCUT2D eigenvalue weighted by atomic mass is 9.84. The van der Waals surface area contributed by atoms with Gasteiger partial charge in [-0.05, 0) is 34.2 Å². The summed E-state index contributed by atoms with van der Waals surface area (Å²) in [6.07, 6.45) is 4.12. The molecule has 1 aliphatic heterocycles. The molecule has 0 atom stereocenters. The van der Waals surface area contributed by atoms with Crippen molar-refractivity contribution in [2.45, 2.75) is 26.7 Å². The average molecular weight is 299 g/mol. The Morgan fingerprint density at radius 3 is 2.82 bits per heavy atom. The molecule has 0 aromatic carbocycles. The number of halogens is 1. The number of aromatic nitrogens is 2. The van der Waals surface area contributed by atoms with Gasteiger partial charge in [0.25, 0.3) is 0 Å². The van der Waals surface area contributed by atoms with Crippen LogP contribution in [-0.4, -0.2) is 30.1 Å². The molecule has 0 spiro atoms. The first-order chi connectivity index (χ1) is 8.03. The first kappa shape index (κ1) is 12.6. The van der Waals surface area contributed by atoms with Crippen LogP contribution in [-0.2, 0) is 0 Å². The quantitative estimate of drug-likeness (QED) is 0.911. The third-order valence-corrected chi connectivity index (χ3v) is 3.94. The summed E-state index contributed by atoms with van der Waals surface area (Å²) in [5.41, 5.74) is 0.364. The molecule has 0 unspecified atom stereocenters. The third-order valence-electron chi connectivity index (χ3n) is 3.21. The van der Waals surface area contributed by atoms with Gasteiger partial charge in [-0.15, -0.1) is 0 Å². The molecule has 1 N–H and O–H groups in total. The van der Waals surface area contributed by atoms with Crippen molar-refractivity contribution in [2.24, 2.45) is 5.41 Å². The SMILES string of the molecule is CNc1ncnc(N2CCCC(C)(C)C2)c1Br. The molecule has 2 rings (SSSR count). The van der Waals surface area contributed by atoms with Gasteiger partial charge in [0.15, 0.2) is 0 Å². The van der Waals surface area contributed by atoms with Gasteiger partial charge in [-0.25, -0.2) is 9.97 Å². The number of hydrogen-bond acceptors (Lipinski definition) is 4. The van der Waals surface area contributed by atoms with Crippen LogP contribution in [0.4, 0.5) is 11.6 Å². The van der Waals surface area contributed by atoms with Crippen molar-refractivity contribution < 1.29 is 0 Å². The van der Waals surface area contributed by atoms with Crippen molar-refractivity contribution in [1.82, 2.24) is 9.97 Å². The zero-order valence-electron chi connectivity index (χ0n) is 10.6. The Morgan fingerprint density at radius 1 is 1.41 bits per heavy atom. The highest BCUT2D eigenvalue weighted by molar-refractivity contribution is 9.10. The van der Waals surface area contributed by atoms with E-state index in [2.05, 4.69) is 50.0 Å². The van der Waals surface area contributed by atoms with E-state index < -0.39 is 0 Å². The van der Waals surface area contributed by atoms with Gasteiger partial charge in [0.05, 0.1) is 0 Å². The largest absolute Gasteiger partial charge is 0.372 e. The molecule has 1 aromatic heterocycles. The maximum Gasteiger partial charge on any atom is 0.148 e. The molecular weight excluding hydrogens is 280 g/mol. The van der Waals surface area contributed by atoms with Crippen molar-refractivity contribution in [1.29, 1.82) is 0 Å².